The second-order valence-electron chi connectivity index (χ2n) is 6.10. The van der Waals surface area contributed by atoms with Crippen LogP contribution in [0.25, 0.3) is 0 Å². The van der Waals surface area contributed by atoms with Crippen LogP contribution in [0.1, 0.15) is 40.5 Å². The van der Waals surface area contributed by atoms with Gasteiger partial charge < -0.3 is 20.6 Å². The van der Waals surface area contributed by atoms with Crippen LogP contribution in [-0.2, 0) is 9.59 Å². The predicted octanol–water partition coefficient (Wildman–Crippen LogP) is 0.548. The number of amides is 3. The summed E-state index contributed by atoms with van der Waals surface area (Å²) in [6, 6.07) is -2.02. The van der Waals surface area contributed by atoms with Gasteiger partial charge in [0.1, 0.15) is 12.1 Å². The van der Waals surface area contributed by atoms with E-state index in [2.05, 4.69) is 10.6 Å². The fourth-order valence-corrected chi connectivity index (χ4v) is 2.08. The number of nitrogens with one attached hydrogen (secondary N) is 2. The number of carbonyl (C=O) groups excluding carboxylic acids is 2. The van der Waals surface area contributed by atoms with Crippen LogP contribution in [0.15, 0.2) is 0 Å². The molecule has 0 aromatic carbocycles. The quantitative estimate of drug-likeness (QED) is 0.705. The van der Waals surface area contributed by atoms with Crippen molar-refractivity contribution in [1.82, 2.24) is 15.5 Å². The van der Waals surface area contributed by atoms with Crippen LogP contribution in [0.5, 0.6) is 0 Å². The van der Waals surface area contributed by atoms with Gasteiger partial charge in [0, 0.05) is 12.1 Å². The lowest BCUT2D eigenvalue weighted by atomic mass is 10.1. The average Bonchev–Trinajstić information content (AvgIpc) is 2.75. The molecular weight excluding hydrogens is 262 g/mol. The fourth-order valence-electron chi connectivity index (χ4n) is 2.08. The maximum atomic E-state index is 12.0. The number of likely N-dealkylation sites (tertiary alicyclic amines) is 1. The molecule has 20 heavy (non-hydrogen) atoms. The van der Waals surface area contributed by atoms with Crippen LogP contribution in [0.2, 0.25) is 0 Å². The number of rotatable bonds is 3. The lowest BCUT2D eigenvalue weighted by molar-refractivity contribution is -0.141. The number of urea groups is 1. The van der Waals surface area contributed by atoms with Crippen molar-refractivity contribution in [3.8, 4) is 0 Å². The Labute approximate surface area is 118 Å². The highest BCUT2D eigenvalue weighted by Crippen LogP contribution is 2.17. The van der Waals surface area contributed by atoms with Crippen molar-refractivity contribution < 1.29 is 19.5 Å². The molecule has 0 bridgehead atoms. The molecule has 3 N–H and O–H groups in total. The van der Waals surface area contributed by atoms with E-state index in [1.165, 1.54) is 4.90 Å². The average molecular weight is 285 g/mol. The minimum absolute atomic E-state index is 0.295. The van der Waals surface area contributed by atoms with Crippen molar-refractivity contribution in [3.63, 3.8) is 0 Å². The molecule has 0 radical (unpaired) electrons. The third-order valence-electron chi connectivity index (χ3n) is 3.03. The lowest BCUT2D eigenvalue weighted by Crippen LogP contribution is -2.54. The summed E-state index contributed by atoms with van der Waals surface area (Å²) in [6.07, 6.45) is 1.11. The maximum absolute atomic E-state index is 12.0. The monoisotopic (exact) mass is 285 g/mol. The van der Waals surface area contributed by atoms with E-state index in [0.717, 1.165) is 0 Å². The first-order valence-electron chi connectivity index (χ1n) is 6.74. The zero-order valence-electron chi connectivity index (χ0n) is 12.4. The Morgan fingerprint density at radius 3 is 2.40 bits per heavy atom. The molecule has 7 nitrogen and oxygen atoms in total. The molecule has 0 aromatic rings. The van der Waals surface area contributed by atoms with E-state index in [-0.39, 0.29) is 11.4 Å². The maximum Gasteiger partial charge on any atom is 0.326 e. The topological polar surface area (TPSA) is 98.7 Å². The van der Waals surface area contributed by atoms with Crippen LogP contribution in [-0.4, -0.2) is 52.1 Å². The first-order valence-corrected chi connectivity index (χ1v) is 6.74. The summed E-state index contributed by atoms with van der Waals surface area (Å²) in [4.78, 5) is 36.2. The predicted molar refractivity (Wildman–Crippen MR) is 73.3 cm³/mol. The van der Waals surface area contributed by atoms with Gasteiger partial charge in [-0.2, -0.15) is 0 Å². The molecule has 3 amide bonds. The van der Waals surface area contributed by atoms with Gasteiger partial charge in [0.25, 0.3) is 0 Å². The molecule has 114 valence electrons. The minimum atomic E-state index is -1.01. The smallest absolute Gasteiger partial charge is 0.326 e. The van der Waals surface area contributed by atoms with Gasteiger partial charge >= 0.3 is 12.0 Å². The van der Waals surface area contributed by atoms with Crippen molar-refractivity contribution in [2.24, 2.45) is 0 Å². The molecule has 1 unspecified atom stereocenters. The number of carboxylic acid groups (broad SMARTS) is 1. The number of aliphatic carboxylic acids is 1. The summed E-state index contributed by atoms with van der Waals surface area (Å²) >= 11 is 0. The lowest BCUT2D eigenvalue weighted by Gasteiger charge is -2.26. The van der Waals surface area contributed by atoms with Gasteiger partial charge in [-0.1, -0.05) is 0 Å². The van der Waals surface area contributed by atoms with Crippen molar-refractivity contribution in [2.75, 3.05) is 6.54 Å². The van der Waals surface area contributed by atoms with Crippen LogP contribution < -0.4 is 10.6 Å². The van der Waals surface area contributed by atoms with Crippen molar-refractivity contribution in [1.29, 1.82) is 0 Å². The van der Waals surface area contributed by atoms with Gasteiger partial charge in [0.15, 0.2) is 0 Å². The molecule has 1 saturated heterocycles. The second-order valence-corrected chi connectivity index (χ2v) is 6.10. The summed E-state index contributed by atoms with van der Waals surface area (Å²) in [6.45, 7) is 7.52. The van der Waals surface area contributed by atoms with Gasteiger partial charge in [0.05, 0.1) is 0 Å². The minimum Gasteiger partial charge on any atom is -0.480 e. The summed E-state index contributed by atoms with van der Waals surface area (Å²) in [5.41, 5.74) is -0.382. The van der Waals surface area contributed by atoms with Crippen LogP contribution >= 0.6 is 0 Å². The van der Waals surface area contributed by atoms with Crippen molar-refractivity contribution in [2.45, 2.75) is 58.2 Å². The molecule has 0 aromatic heterocycles. The van der Waals surface area contributed by atoms with Crippen molar-refractivity contribution >= 4 is 17.9 Å². The molecule has 0 saturated carbocycles. The van der Waals surface area contributed by atoms with Crippen LogP contribution in [0.4, 0.5) is 4.79 Å². The third-order valence-corrected chi connectivity index (χ3v) is 3.03. The largest absolute Gasteiger partial charge is 0.480 e. The highest BCUT2D eigenvalue weighted by Gasteiger charge is 2.35. The number of hydrogen-bond donors (Lipinski definition) is 3. The normalized spacial score (nSPS) is 20.4. The number of carboxylic acids is 1. The molecule has 1 rings (SSSR count). The van der Waals surface area contributed by atoms with Gasteiger partial charge in [-0.25, -0.2) is 9.59 Å². The van der Waals surface area contributed by atoms with E-state index in [1.54, 1.807) is 6.92 Å². The Hall–Kier alpha value is -1.79. The SMILES string of the molecule is CC(NC(=O)N1CCC[C@@H]1C(=O)O)C(=O)NC(C)(C)C. The Bertz CT molecular complexity index is 403. The number of carbonyl (C=O) groups is 3. The molecule has 7 heteroatoms. The van der Waals surface area contributed by atoms with E-state index in [1.807, 2.05) is 20.8 Å². The Kier molecular flexibility index (Phi) is 4.97. The first kappa shape index (κ1) is 16.3. The van der Waals surface area contributed by atoms with Gasteiger partial charge in [-0.05, 0) is 40.5 Å². The Morgan fingerprint density at radius 1 is 1.30 bits per heavy atom. The van der Waals surface area contributed by atoms with Gasteiger partial charge in [-0.15, -0.1) is 0 Å². The standard InChI is InChI=1S/C13H23N3O4/c1-8(10(17)15-13(2,3)4)14-12(20)16-7-5-6-9(16)11(18)19/h8-9H,5-7H2,1-4H3,(H,14,20)(H,15,17)(H,18,19)/t8?,9-/m1/s1. The summed E-state index contributed by atoms with van der Waals surface area (Å²) < 4.78 is 0. The number of hydrogen-bond acceptors (Lipinski definition) is 3. The highest BCUT2D eigenvalue weighted by molar-refractivity contribution is 5.89. The molecule has 2 atom stereocenters. The van der Waals surface area contributed by atoms with Gasteiger partial charge in [0.2, 0.25) is 5.91 Å². The first-order chi connectivity index (χ1) is 9.11. The molecule has 1 aliphatic heterocycles. The Morgan fingerprint density at radius 2 is 1.90 bits per heavy atom. The van der Waals surface area contributed by atoms with Crippen molar-refractivity contribution in [3.05, 3.63) is 0 Å². The molecule has 1 aliphatic rings. The van der Waals surface area contributed by atoms with E-state index in [9.17, 15) is 14.4 Å². The van der Waals surface area contributed by atoms with Crippen LogP contribution in [0.3, 0.4) is 0 Å². The molecule has 1 fully saturated rings. The second kappa shape index (κ2) is 6.11. The molecule has 0 spiro atoms. The molecule has 1 heterocycles. The third kappa shape index (κ3) is 4.40. The van der Waals surface area contributed by atoms with Crippen LogP contribution in [0, 0.1) is 0 Å². The van der Waals surface area contributed by atoms with E-state index in [0.29, 0.717) is 19.4 Å². The summed E-state index contributed by atoms with van der Waals surface area (Å²) in [5.74, 6) is -1.30. The molecule has 0 aliphatic carbocycles. The fraction of sp³-hybridized carbons (Fsp3) is 0.769. The van der Waals surface area contributed by atoms with Gasteiger partial charge in [-0.3, -0.25) is 4.79 Å². The van der Waals surface area contributed by atoms with E-state index in [4.69, 9.17) is 5.11 Å². The summed E-state index contributed by atoms with van der Waals surface area (Å²) in [7, 11) is 0. The number of nitrogens with zero attached hydrogens (tertiary/aromatic N) is 1. The zero-order chi connectivity index (χ0) is 15.5. The summed E-state index contributed by atoms with van der Waals surface area (Å²) in [5, 5.41) is 14.3. The molecular formula is C13H23N3O4. The van der Waals surface area contributed by atoms with E-state index < -0.39 is 24.1 Å². The highest BCUT2D eigenvalue weighted by atomic mass is 16.4. The van der Waals surface area contributed by atoms with E-state index >= 15 is 0 Å². The Balaban J connectivity index is 2.57. The zero-order valence-corrected chi connectivity index (χ0v) is 12.4.